The molecule has 0 unspecified atom stereocenters. The number of amides is 1. The average Bonchev–Trinajstić information content (AvgIpc) is 2.70. The van der Waals surface area contributed by atoms with Crippen molar-refractivity contribution < 1.29 is 14.7 Å². The van der Waals surface area contributed by atoms with E-state index in [2.05, 4.69) is 5.32 Å². The van der Waals surface area contributed by atoms with Crippen LogP contribution in [0.25, 0.3) is 0 Å². The number of likely N-dealkylation sites (N-methyl/N-ethyl adjacent to an activating group) is 2. The maximum absolute atomic E-state index is 11.6. The van der Waals surface area contributed by atoms with E-state index in [1.54, 1.807) is 6.07 Å². The van der Waals surface area contributed by atoms with Crippen LogP contribution in [0.2, 0.25) is 0 Å². The summed E-state index contributed by atoms with van der Waals surface area (Å²) in [5, 5.41) is 11.7. The van der Waals surface area contributed by atoms with Gasteiger partial charge in [-0.1, -0.05) is 6.92 Å². The maximum atomic E-state index is 11.6. The molecular weight excluding hydrogens is 264 g/mol. The molecule has 0 saturated carbocycles. The van der Waals surface area contributed by atoms with Gasteiger partial charge in [0.15, 0.2) is 0 Å². The van der Waals surface area contributed by atoms with E-state index in [9.17, 15) is 9.59 Å². The normalized spacial score (nSPS) is 10.7. The van der Waals surface area contributed by atoms with E-state index >= 15 is 0 Å². The first-order chi connectivity index (χ1) is 8.97. The topological polar surface area (TPSA) is 69.6 Å². The summed E-state index contributed by atoms with van der Waals surface area (Å²) < 4.78 is 0. The molecule has 0 fully saturated rings. The van der Waals surface area contributed by atoms with Crippen LogP contribution in [0.15, 0.2) is 6.07 Å². The minimum atomic E-state index is -0.897. The van der Waals surface area contributed by atoms with Crippen LogP contribution >= 0.6 is 11.3 Å². The van der Waals surface area contributed by atoms with Gasteiger partial charge in [0, 0.05) is 18.0 Å². The van der Waals surface area contributed by atoms with Crippen molar-refractivity contribution >= 4 is 23.2 Å². The fourth-order valence-corrected chi connectivity index (χ4v) is 2.63. The van der Waals surface area contributed by atoms with Gasteiger partial charge in [0.1, 0.15) is 4.88 Å². The smallest absolute Gasteiger partial charge is 0.345 e. The molecule has 1 aromatic heterocycles. The first-order valence-electron chi connectivity index (χ1n) is 6.29. The zero-order chi connectivity index (χ0) is 14.4. The zero-order valence-corrected chi connectivity index (χ0v) is 12.3. The largest absolute Gasteiger partial charge is 0.477 e. The lowest BCUT2D eigenvalue weighted by Crippen LogP contribution is -2.36. The molecule has 1 heterocycles. The Kier molecular flexibility index (Phi) is 5.98. The third-order valence-corrected chi connectivity index (χ3v) is 3.89. The third kappa shape index (κ3) is 4.65. The number of carbonyl (C=O) groups excluding carboxylic acids is 1. The minimum absolute atomic E-state index is 0.00399. The second-order valence-corrected chi connectivity index (χ2v) is 5.51. The quantitative estimate of drug-likeness (QED) is 0.800. The molecule has 1 amide bonds. The van der Waals surface area contributed by atoms with Gasteiger partial charge in [-0.3, -0.25) is 9.69 Å². The summed E-state index contributed by atoms with van der Waals surface area (Å²) in [7, 11) is 0. The Morgan fingerprint density at radius 3 is 2.58 bits per heavy atom. The number of thiophene rings is 1. The molecule has 0 bridgehead atoms. The lowest BCUT2D eigenvalue weighted by molar-refractivity contribution is -0.122. The van der Waals surface area contributed by atoms with E-state index in [0.29, 0.717) is 24.5 Å². The van der Waals surface area contributed by atoms with Crippen molar-refractivity contribution in [2.75, 3.05) is 19.6 Å². The van der Waals surface area contributed by atoms with Crippen LogP contribution in [-0.4, -0.2) is 41.5 Å². The number of rotatable bonds is 7. The molecule has 5 nitrogen and oxygen atoms in total. The number of hydrogen-bond acceptors (Lipinski definition) is 4. The Morgan fingerprint density at radius 1 is 1.42 bits per heavy atom. The van der Waals surface area contributed by atoms with Crippen molar-refractivity contribution in [3.8, 4) is 0 Å². The standard InChI is InChI=1S/C13H20N2O3S/c1-4-14-12(16)8-15(5-2)7-10-6-11(13(17)18)19-9(10)3/h6H,4-5,7-8H2,1-3H3,(H,14,16)(H,17,18). The van der Waals surface area contributed by atoms with Gasteiger partial charge in [0.25, 0.3) is 0 Å². The summed E-state index contributed by atoms with van der Waals surface area (Å²) in [6.07, 6.45) is 0. The monoisotopic (exact) mass is 284 g/mol. The van der Waals surface area contributed by atoms with Crippen LogP contribution in [0.5, 0.6) is 0 Å². The molecule has 0 aromatic carbocycles. The number of aryl methyl sites for hydroxylation is 1. The van der Waals surface area contributed by atoms with Gasteiger partial charge in [-0.05, 0) is 32.0 Å². The molecule has 19 heavy (non-hydrogen) atoms. The highest BCUT2D eigenvalue weighted by molar-refractivity contribution is 7.14. The number of hydrogen-bond donors (Lipinski definition) is 2. The van der Waals surface area contributed by atoms with Crippen molar-refractivity contribution in [2.45, 2.75) is 27.3 Å². The van der Waals surface area contributed by atoms with Crippen molar-refractivity contribution in [1.29, 1.82) is 0 Å². The van der Waals surface area contributed by atoms with E-state index in [1.165, 1.54) is 11.3 Å². The third-order valence-electron chi connectivity index (χ3n) is 2.81. The number of nitrogens with one attached hydrogen (secondary N) is 1. The van der Waals surface area contributed by atoms with Gasteiger partial charge in [0.05, 0.1) is 6.54 Å². The van der Waals surface area contributed by atoms with Crippen molar-refractivity contribution in [2.24, 2.45) is 0 Å². The molecule has 0 saturated heterocycles. The molecule has 0 aliphatic rings. The van der Waals surface area contributed by atoms with Crippen LogP contribution < -0.4 is 5.32 Å². The first-order valence-corrected chi connectivity index (χ1v) is 7.11. The number of nitrogens with zero attached hydrogens (tertiary/aromatic N) is 1. The predicted octanol–water partition coefficient (Wildman–Crippen LogP) is 1.71. The van der Waals surface area contributed by atoms with Crippen molar-refractivity contribution in [3.05, 3.63) is 21.4 Å². The van der Waals surface area contributed by atoms with Crippen LogP contribution in [0.4, 0.5) is 0 Å². The summed E-state index contributed by atoms with van der Waals surface area (Å²) in [6.45, 7) is 8.08. The molecule has 1 aromatic rings. The molecule has 0 aliphatic heterocycles. The Morgan fingerprint density at radius 2 is 2.11 bits per heavy atom. The summed E-state index contributed by atoms with van der Waals surface area (Å²) in [5.41, 5.74) is 0.980. The number of carboxylic acids is 1. The zero-order valence-electron chi connectivity index (χ0n) is 11.5. The summed E-state index contributed by atoms with van der Waals surface area (Å²) in [5.74, 6) is -0.901. The molecule has 0 radical (unpaired) electrons. The molecule has 1 rings (SSSR count). The Balaban J connectivity index is 2.70. The predicted molar refractivity (Wildman–Crippen MR) is 75.7 cm³/mol. The molecule has 106 valence electrons. The molecule has 0 atom stereocenters. The van der Waals surface area contributed by atoms with Gasteiger partial charge in [-0.15, -0.1) is 11.3 Å². The van der Waals surface area contributed by atoms with Crippen LogP contribution in [-0.2, 0) is 11.3 Å². The molecule has 2 N–H and O–H groups in total. The summed E-state index contributed by atoms with van der Waals surface area (Å²) in [4.78, 5) is 25.8. The highest BCUT2D eigenvalue weighted by Gasteiger charge is 2.15. The van der Waals surface area contributed by atoms with Crippen LogP contribution in [0, 0.1) is 6.92 Å². The second-order valence-electron chi connectivity index (χ2n) is 4.25. The van der Waals surface area contributed by atoms with E-state index in [-0.39, 0.29) is 5.91 Å². The van der Waals surface area contributed by atoms with Gasteiger partial charge >= 0.3 is 5.97 Å². The van der Waals surface area contributed by atoms with E-state index < -0.39 is 5.97 Å². The summed E-state index contributed by atoms with van der Waals surface area (Å²) >= 11 is 1.28. The van der Waals surface area contributed by atoms with Gasteiger partial charge in [0.2, 0.25) is 5.91 Å². The van der Waals surface area contributed by atoms with Gasteiger partial charge in [-0.25, -0.2) is 4.79 Å². The molecule has 6 heteroatoms. The van der Waals surface area contributed by atoms with E-state index in [0.717, 1.165) is 17.0 Å². The van der Waals surface area contributed by atoms with E-state index in [1.807, 2.05) is 25.7 Å². The molecular formula is C13H20N2O3S. The highest BCUT2D eigenvalue weighted by atomic mass is 32.1. The number of aromatic carboxylic acids is 1. The summed E-state index contributed by atoms with van der Waals surface area (Å²) in [6, 6.07) is 1.70. The minimum Gasteiger partial charge on any atom is -0.477 e. The number of carboxylic acid groups (broad SMARTS) is 1. The van der Waals surface area contributed by atoms with Crippen LogP contribution in [0.1, 0.15) is 34.0 Å². The van der Waals surface area contributed by atoms with Crippen molar-refractivity contribution in [3.63, 3.8) is 0 Å². The van der Waals surface area contributed by atoms with Gasteiger partial charge < -0.3 is 10.4 Å². The average molecular weight is 284 g/mol. The Labute approximate surface area is 117 Å². The first kappa shape index (κ1) is 15.7. The van der Waals surface area contributed by atoms with Gasteiger partial charge in [-0.2, -0.15) is 0 Å². The Hall–Kier alpha value is -1.40. The lowest BCUT2D eigenvalue weighted by Gasteiger charge is -2.19. The number of carbonyl (C=O) groups is 2. The Bertz CT molecular complexity index is 457. The fourth-order valence-electron chi connectivity index (χ4n) is 1.76. The SMILES string of the molecule is CCNC(=O)CN(CC)Cc1cc(C(=O)O)sc1C. The second kappa shape index (κ2) is 7.25. The van der Waals surface area contributed by atoms with Crippen molar-refractivity contribution in [1.82, 2.24) is 10.2 Å². The highest BCUT2D eigenvalue weighted by Crippen LogP contribution is 2.22. The maximum Gasteiger partial charge on any atom is 0.345 e. The fraction of sp³-hybridized carbons (Fsp3) is 0.538. The van der Waals surface area contributed by atoms with Crippen LogP contribution in [0.3, 0.4) is 0 Å². The molecule has 0 spiro atoms. The van der Waals surface area contributed by atoms with E-state index in [4.69, 9.17) is 5.11 Å². The molecule has 0 aliphatic carbocycles. The lowest BCUT2D eigenvalue weighted by atomic mass is 10.2.